The summed E-state index contributed by atoms with van der Waals surface area (Å²) in [5.41, 5.74) is 0.785. The lowest BCUT2D eigenvalue weighted by atomic mass is 10.0. The van der Waals surface area contributed by atoms with Crippen LogP contribution in [0, 0.1) is 0 Å². The third kappa shape index (κ3) is 3.46. The van der Waals surface area contributed by atoms with Gasteiger partial charge >= 0.3 is 12.1 Å². The Bertz CT molecular complexity index is 1100. The van der Waals surface area contributed by atoms with E-state index < -0.39 is 17.7 Å². The highest BCUT2D eigenvalue weighted by Gasteiger charge is 2.31. The number of hydrogen-bond donors (Lipinski definition) is 0. The SMILES string of the molecule is O=C1ON=C(c2ccccc2)/C1=C/c1ccc(-c2cccc(C(F)(F)F)c2)o1. The topological polar surface area (TPSA) is 51.8 Å². The molecule has 0 aliphatic carbocycles. The lowest BCUT2D eigenvalue weighted by molar-refractivity contribution is -0.138. The minimum Gasteiger partial charge on any atom is -0.457 e. The van der Waals surface area contributed by atoms with Gasteiger partial charge in [-0.1, -0.05) is 47.6 Å². The van der Waals surface area contributed by atoms with E-state index in [9.17, 15) is 18.0 Å². The predicted molar refractivity (Wildman–Crippen MR) is 96.2 cm³/mol. The third-order valence-electron chi connectivity index (χ3n) is 4.13. The van der Waals surface area contributed by atoms with Gasteiger partial charge in [0.25, 0.3) is 0 Å². The summed E-state index contributed by atoms with van der Waals surface area (Å²) in [7, 11) is 0. The zero-order chi connectivity index (χ0) is 19.7. The monoisotopic (exact) mass is 383 g/mol. The highest BCUT2D eigenvalue weighted by Crippen LogP contribution is 2.33. The quantitative estimate of drug-likeness (QED) is 0.455. The molecule has 2 heterocycles. The van der Waals surface area contributed by atoms with Crippen molar-refractivity contribution in [3.8, 4) is 11.3 Å². The van der Waals surface area contributed by atoms with Crippen LogP contribution in [-0.2, 0) is 15.8 Å². The maximum atomic E-state index is 12.9. The number of alkyl halides is 3. The van der Waals surface area contributed by atoms with E-state index in [4.69, 9.17) is 9.25 Å². The minimum atomic E-state index is -4.44. The molecule has 0 atom stereocenters. The van der Waals surface area contributed by atoms with Crippen LogP contribution >= 0.6 is 0 Å². The number of halogens is 3. The van der Waals surface area contributed by atoms with E-state index in [1.54, 1.807) is 36.4 Å². The second-order valence-corrected chi connectivity index (χ2v) is 6.02. The standard InChI is InChI=1S/C21H12F3NO3/c22-21(23,24)15-8-4-7-14(11-15)18-10-9-16(27-18)12-17-19(25-28-20(17)26)13-5-2-1-3-6-13/h1-12H/b17-12-. The molecule has 0 N–H and O–H groups in total. The van der Waals surface area contributed by atoms with Crippen LogP contribution in [0.25, 0.3) is 17.4 Å². The summed E-state index contributed by atoms with van der Waals surface area (Å²) in [5, 5.41) is 3.80. The average Bonchev–Trinajstić information content (AvgIpc) is 3.30. The molecule has 0 spiro atoms. The van der Waals surface area contributed by atoms with E-state index in [0.29, 0.717) is 17.0 Å². The molecule has 1 aliphatic rings. The van der Waals surface area contributed by atoms with Gasteiger partial charge in [0.05, 0.1) is 11.1 Å². The number of benzene rings is 2. The predicted octanol–water partition coefficient (Wildman–Crippen LogP) is 5.31. The van der Waals surface area contributed by atoms with Gasteiger partial charge in [-0.3, -0.25) is 0 Å². The average molecular weight is 383 g/mol. The molecule has 4 rings (SSSR count). The Hall–Kier alpha value is -3.61. The third-order valence-corrected chi connectivity index (χ3v) is 4.13. The second kappa shape index (κ2) is 6.84. The fourth-order valence-electron chi connectivity index (χ4n) is 2.79. The molecule has 1 aromatic heterocycles. The molecule has 1 aliphatic heterocycles. The van der Waals surface area contributed by atoms with E-state index in [1.165, 1.54) is 18.2 Å². The molecule has 0 bridgehead atoms. The number of hydrogen-bond acceptors (Lipinski definition) is 4. The van der Waals surface area contributed by atoms with Gasteiger partial charge in [0.2, 0.25) is 0 Å². The van der Waals surface area contributed by atoms with Gasteiger partial charge < -0.3 is 9.25 Å². The van der Waals surface area contributed by atoms with Crippen molar-refractivity contribution in [3.05, 3.63) is 89.2 Å². The molecule has 2 aromatic carbocycles. The van der Waals surface area contributed by atoms with Gasteiger partial charge in [-0.15, -0.1) is 0 Å². The smallest absolute Gasteiger partial charge is 0.416 e. The van der Waals surface area contributed by atoms with Crippen molar-refractivity contribution in [2.24, 2.45) is 5.16 Å². The Labute approximate surface area is 157 Å². The minimum absolute atomic E-state index is 0.205. The van der Waals surface area contributed by atoms with Gasteiger partial charge in [0.1, 0.15) is 17.2 Å². The molecule has 0 fully saturated rings. The largest absolute Gasteiger partial charge is 0.457 e. The number of oxime groups is 1. The van der Waals surface area contributed by atoms with Gasteiger partial charge in [-0.05, 0) is 30.3 Å². The summed E-state index contributed by atoms with van der Waals surface area (Å²) < 4.78 is 44.3. The van der Waals surface area contributed by atoms with Crippen LogP contribution in [0.4, 0.5) is 13.2 Å². The van der Waals surface area contributed by atoms with Crippen molar-refractivity contribution in [1.82, 2.24) is 0 Å². The van der Waals surface area contributed by atoms with Gasteiger partial charge in [-0.2, -0.15) is 13.2 Å². The summed E-state index contributed by atoms with van der Waals surface area (Å²) in [4.78, 5) is 16.8. The fraction of sp³-hybridized carbons (Fsp3) is 0.0476. The van der Waals surface area contributed by atoms with Crippen LogP contribution in [0.3, 0.4) is 0 Å². The molecular weight excluding hydrogens is 371 g/mol. The van der Waals surface area contributed by atoms with Crippen molar-refractivity contribution in [1.29, 1.82) is 0 Å². The summed E-state index contributed by atoms with van der Waals surface area (Å²) >= 11 is 0. The molecule has 28 heavy (non-hydrogen) atoms. The summed E-state index contributed by atoms with van der Waals surface area (Å²) in [6.45, 7) is 0. The Morgan fingerprint density at radius 1 is 0.893 bits per heavy atom. The molecule has 4 nitrogen and oxygen atoms in total. The number of rotatable bonds is 3. The zero-order valence-corrected chi connectivity index (χ0v) is 14.2. The van der Waals surface area contributed by atoms with E-state index in [1.807, 2.05) is 6.07 Å². The van der Waals surface area contributed by atoms with E-state index in [2.05, 4.69) is 5.16 Å². The second-order valence-electron chi connectivity index (χ2n) is 6.02. The van der Waals surface area contributed by atoms with Crippen molar-refractivity contribution < 1.29 is 27.2 Å². The Morgan fingerprint density at radius 2 is 1.64 bits per heavy atom. The van der Waals surface area contributed by atoms with Crippen molar-refractivity contribution >= 4 is 17.8 Å². The molecule has 0 radical (unpaired) electrons. The molecule has 0 saturated heterocycles. The maximum Gasteiger partial charge on any atom is 0.416 e. The molecule has 140 valence electrons. The Kier molecular flexibility index (Phi) is 4.35. The fourth-order valence-corrected chi connectivity index (χ4v) is 2.79. The first-order valence-electron chi connectivity index (χ1n) is 8.26. The van der Waals surface area contributed by atoms with Gasteiger partial charge in [-0.25, -0.2) is 4.79 Å². The highest BCUT2D eigenvalue weighted by molar-refractivity contribution is 6.31. The van der Waals surface area contributed by atoms with Crippen molar-refractivity contribution in [2.75, 3.05) is 0 Å². The van der Waals surface area contributed by atoms with Gasteiger partial charge in [0, 0.05) is 11.1 Å². The molecule has 0 unspecified atom stereocenters. The number of carbonyl (C=O) groups excluding carboxylic acids is 1. The van der Waals surface area contributed by atoms with Crippen LogP contribution in [0.1, 0.15) is 16.9 Å². The molecular formula is C21H12F3NO3. The first-order valence-corrected chi connectivity index (χ1v) is 8.26. The van der Waals surface area contributed by atoms with Crippen LogP contribution in [0.2, 0.25) is 0 Å². The molecule has 7 heteroatoms. The number of carbonyl (C=O) groups is 1. The van der Waals surface area contributed by atoms with Crippen molar-refractivity contribution in [2.45, 2.75) is 6.18 Å². The lowest BCUT2D eigenvalue weighted by Gasteiger charge is -2.07. The Balaban J connectivity index is 1.66. The van der Waals surface area contributed by atoms with E-state index in [-0.39, 0.29) is 16.9 Å². The van der Waals surface area contributed by atoms with Gasteiger partial charge in [0.15, 0.2) is 0 Å². The first-order chi connectivity index (χ1) is 13.4. The van der Waals surface area contributed by atoms with E-state index in [0.717, 1.165) is 12.1 Å². The highest BCUT2D eigenvalue weighted by atomic mass is 19.4. The first kappa shape index (κ1) is 17.8. The van der Waals surface area contributed by atoms with Crippen LogP contribution in [0.15, 0.2) is 81.9 Å². The lowest BCUT2D eigenvalue weighted by Crippen LogP contribution is -2.06. The van der Waals surface area contributed by atoms with Crippen LogP contribution in [0.5, 0.6) is 0 Å². The molecule has 0 saturated carbocycles. The zero-order valence-electron chi connectivity index (χ0n) is 14.2. The van der Waals surface area contributed by atoms with Crippen LogP contribution < -0.4 is 0 Å². The molecule has 0 amide bonds. The summed E-state index contributed by atoms with van der Waals surface area (Å²) in [6.07, 6.45) is -2.99. The number of nitrogens with zero attached hydrogens (tertiary/aromatic N) is 1. The van der Waals surface area contributed by atoms with Crippen LogP contribution in [-0.4, -0.2) is 11.7 Å². The molecule has 3 aromatic rings. The number of furan rings is 1. The maximum absolute atomic E-state index is 12.9. The Morgan fingerprint density at radius 3 is 2.39 bits per heavy atom. The summed E-state index contributed by atoms with van der Waals surface area (Å²) in [6, 6.07) is 16.9. The van der Waals surface area contributed by atoms with Crippen molar-refractivity contribution in [3.63, 3.8) is 0 Å². The summed E-state index contributed by atoms with van der Waals surface area (Å²) in [5.74, 6) is -0.0803. The van der Waals surface area contributed by atoms with E-state index >= 15 is 0 Å². The normalized spacial score (nSPS) is 15.6.